The lowest BCUT2D eigenvalue weighted by atomic mass is 10.0. The lowest BCUT2D eigenvalue weighted by molar-refractivity contribution is 0.0916. The van der Waals surface area contributed by atoms with Gasteiger partial charge >= 0.3 is 0 Å². The molecule has 0 saturated heterocycles. The second kappa shape index (κ2) is 7.87. The summed E-state index contributed by atoms with van der Waals surface area (Å²) in [6.45, 7) is 6.12. The first-order valence-corrected chi connectivity index (χ1v) is 7.98. The normalized spacial score (nSPS) is 12.4. The number of hydrogen-bond donors (Lipinski definition) is 3. The molecule has 1 aromatic carbocycles. The first kappa shape index (κ1) is 17.1. The van der Waals surface area contributed by atoms with Crippen molar-refractivity contribution < 1.29 is 9.90 Å². The minimum Gasteiger partial charge on any atom is -0.396 e. The number of aromatic nitrogens is 3. The Hall–Kier alpha value is -2.21. The highest BCUT2D eigenvalue weighted by Crippen LogP contribution is 2.16. The van der Waals surface area contributed by atoms with Crippen LogP contribution in [0.3, 0.4) is 0 Å². The number of nitrogens with zero attached hydrogens (tertiary/aromatic N) is 2. The molecule has 0 aliphatic carbocycles. The fourth-order valence-electron chi connectivity index (χ4n) is 2.32. The number of amides is 1. The molecule has 2 rings (SSSR count). The first-order chi connectivity index (χ1) is 11.0. The van der Waals surface area contributed by atoms with Crippen molar-refractivity contribution in [3.8, 4) is 11.4 Å². The van der Waals surface area contributed by atoms with Gasteiger partial charge in [0.25, 0.3) is 5.91 Å². The fraction of sp³-hybridized carbons (Fsp3) is 0.471. The monoisotopic (exact) mass is 316 g/mol. The maximum Gasteiger partial charge on any atom is 0.251 e. The van der Waals surface area contributed by atoms with Gasteiger partial charge in [-0.3, -0.25) is 9.89 Å². The summed E-state index contributed by atoms with van der Waals surface area (Å²) in [4.78, 5) is 16.7. The second-order valence-electron chi connectivity index (χ2n) is 5.87. The molecule has 0 bridgehead atoms. The largest absolute Gasteiger partial charge is 0.396 e. The van der Waals surface area contributed by atoms with Gasteiger partial charge in [-0.25, -0.2) is 4.98 Å². The van der Waals surface area contributed by atoms with Crippen LogP contribution in [0, 0.1) is 5.92 Å². The number of aromatic amines is 1. The molecule has 1 unspecified atom stereocenters. The van der Waals surface area contributed by atoms with Crippen LogP contribution in [0.15, 0.2) is 24.3 Å². The van der Waals surface area contributed by atoms with E-state index >= 15 is 0 Å². The van der Waals surface area contributed by atoms with Crippen molar-refractivity contribution in [1.29, 1.82) is 0 Å². The summed E-state index contributed by atoms with van der Waals surface area (Å²) in [7, 11) is 0. The smallest absolute Gasteiger partial charge is 0.251 e. The molecule has 0 aliphatic rings. The van der Waals surface area contributed by atoms with Crippen LogP contribution in [0.5, 0.6) is 0 Å². The quantitative estimate of drug-likeness (QED) is 0.730. The number of aryl methyl sites for hydroxylation is 1. The van der Waals surface area contributed by atoms with E-state index in [1.54, 1.807) is 12.1 Å². The van der Waals surface area contributed by atoms with Crippen molar-refractivity contribution >= 4 is 5.91 Å². The van der Waals surface area contributed by atoms with Gasteiger partial charge in [0.15, 0.2) is 5.82 Å². The van der Waals surface area contributed by atoms with Crippen LogP contribution in [-0.4, -0.2) is 38.8 Å². The van der Waals surface area contributed by atoms with E-state index in [0.29, 0.717) is 17.8 Å². The van der Waals surface area contributed by atoms with E-state index in [1.807, 2.05) is 32.9 Å². The molecular formula is C17H24N4O2. The van der Waals surface area contributed by atoms with Crippen molar-refractivity contribution in [3.05, 3.63) is 35.7 Å². The first-order valence-electron chi connectivity index (χ1n) is 7.98. The van der Waals surface area contributed by atoms with Crippen molar-refractivity contribution in [2.75, 3.05) is 6.61 Å². The third-order valence-electron chi connectivity index (χ3n) is 3.83. The van der Waals surface area contributed by atoms with E-state index in [-0.39, 0.29) is 24.5 Å². The average molecular weight is 316 g/mol. The number of nitrogens with one attached hydrogen (secondary N) is 2. The van der Waals surface area contributed by atoms with Gasteiger partial charge in [-0.05, 0) is 24.5 Å². The standard InChI is InChI=1S/C17H24N4O2/c1-4-15-19-16(21-20-15)12-5-7-13(8-6-12)17(23)18-14(9-10-22)11(2)3/h5-8,11,14,22H,4,9-10H2,1-3H3,(H,18,23)(H,19,20,21). The maximum absolute atomic E-state index is 12.3. The number of carbonyl (C=O) groups excluding carboxylic acids is 1. The molecule has 1 heterocycles. The van der Waals surface area contributed by atoms with Gasteiger partial charge in [0, 0.05) is 30.2 Å². The molecule has 1 aromatic heterocycles. The number of H-pyrrole nitrogens is 1. The van der Waals surface area contributed by atoms with Gasteiger partial charge in [0.1, 0.15) is 5.82 Å². The summed E-state index contributed by atoms with van der Waals surface area (Å²) in [5.41, 5.74) is 1.46. The number of hydrogen-bond acceptors (Lipinski definition) is 4. The van der Waals surface area contributed by atoms with Gasteiger partial charge in [0.2, 0.25) is 0 Å². The predicted octanol–water partition coefficient (Wildman–Crippen LogP) is 2.17. The Bertz CT molecular complexity index is 634. The number of aliphatic hydroxyl groups excluding tert-OH is 1. The van der Waals surface area contributed by atoms with Crippen LogP contribution in [0.1, 0.15) is 43.4 Å². The lowest BCUT2D eigenvalue weighted by Crippen LogP contribution is -2.39. The fourth-order valence-corrected chi connectivity index (χ4v) is 2.32. The number of rotatable bonds is 7. The van der Waals surface area contributed by atoms with Crippen LogP contribution < -0.4 is 5.32 Å². The summed E-state index contributed by atoms with van der Waals surface area (Å²) in [6, 6.07) is 7.18. The zero-order valence-corrected chi connectivity index (χ0v) is 13.8. The molecular weight excluding hydrogens is 292 g/mol. The number of aliphatic hydroxyl groups is 1. The van der Waals surface area contributed by atoms with Gasteiger partial charge in [-0.1, -0.05) is 32.9 Å². The lowest BCUT2D eigenvalue weighted by Gasteiger charge is -2.21. The van der Waals surface area contributed by atoms with Crippen LogP contribution in [0.4, 0.5) is 0 Å². The SMILES string of the molecule is CCc1nc(-c2ccc(C(=O)NC(CCO)C(C)C)cc2)n[nH]1. The topological polar surface area (TPSA) is 90.9 Å². The molecule has 0 aliphatic heterocycles. The summed E-state index contributed by atoms with van der Waals surface area (Å²) in [6.07, 6.45) is 1.35. The van der Waals surface area contributed by atoms with E-state index in [9.17, 15) is 4.79 Å². The van der Waals surface area contributed by atoms with E-state index in [0.717, 1.165) is 17.8 Å². The molecule has 1 atom stereocenters. The second-order valence-corrected chi connectivity index (χ2v) is 5.87. The van der Waals surface area contributed by atoms with E-state index in [1.165, 1.54) is 0 Å². The van der Waals surface area contributed by atoms with Crippen LogP contribution in [0.2, 0.25) is 0 Å². The van der Waals surface area contributed by atoms with Crippen LogP contribution in [-0.2, 0) is 6.42 Å². The average Bonchev–Trinajstić information content (AvgIpc) is 3.03. The van der Waals surface area contributed by atoms with Gasteiger partial charge in [0.05, 0.1) is 0 Å². The summed E-state index contributed by atoms with van der Waals surface area (Å²) in [5.74, 6) is 1.61. The van der Waals surface area contributed by atoms with E-state index < -0.39 is 0 Å². The Morgan fingerprint density at radius 2 is 2.00 bits per heavy atom. The van der Waals surface area contributed by atoms with Crippen molar-refractivity contribution in [2.24, 2.45) is 5.92 Å². The number of carbonyl (C=O) groups is 1. The van der Waals surface area contributed by atoms with Crippen molar-refractivity contribution in [3.63, 3.8) is 0 Å². The molecule has 0 spiro atoms. The Morgan fingerprint density at radius 1 is 1.30 bits per heavy atom. The maximum atomic E-state index is 12.3. The molecule has 0 saturated carbocycles. The predicted molar refractivity (Wildman–Crippen MR) is 89.0 cm³/mol. The minimum absolute atomic E-state index is 0.0349. The third kappa shape index (κ3) is 4.39. The molecule has 3 N–H and O–H groups in total. The molecule has 124 valence electrons. The zero-order chi connectivity index (χ0) is 16.8. The van der Waals surface area contributed by atoms with E-state index in [4.69, 9.17) is 5.11 Å². The van der Waals surface area contributed by atoms with Crippen molar-refractivity contribution in [1.82, 2.24) is 20.5 Å². The Labute approximate surface area is 136 Å². The molecule has 2 aromatic rings. The van der Waals surface area contributed by atoms with Crippen LogP contribution in [0.25, 0.3) is 11.4 Å². The number of benzene rings is 1. The molecule has 6 nitrogen and oxygen atoms in total. The molecule has 1 amide bonds. The zero-order valence-electron chi connectivity index (χ0n) is 13.8. The highest BCUT2D eigenvalue weighted by atomic mass is 16.3. The molecule has 23 heavy (non-hydrogen) atoms. The van der Waals surface area contributed by atoms with E-state index in [2.05, 4.69) is 20.5 Å². The molecule has 0 radical (unpaired) electrons. The van der Waals surface area contributed by atoms with Gasteiger partial charge in [-0.2, -0.15) is 5.10 Å². The summed E-state index contributed by atoms with van der Waals surface area (Å²) in [5, 5.41) is 19.1. The van der Waals surface area contributed by atoms with Crippen molar-refractivity contribution in [2.45, 2.75) is 39.7 Å². The summed E-state index contributed by atoms with van der Waals surface area (Å²) >= 11 is 0. The third-order valence-corrected chi connectivity index (χ3v) is 3.83. The summed E-state index contributed by atoms with van der Waals surface area (Å²) < 4.78 is 0. The van der Waals surface area contributed by atoms with Gasteiger partial charge < -0.3 is 10.4 Å². The molecule has 0 fully saturated rings. The minimum atomic E-state index is -0.132. The molecule has 6 heteroatoms. The Balaban J connectivity index is 2.07. The Morgan fingerprint density at radius 3 is 2.52 bits per heavy atom. The van der Waals surface area contributed by atoms with Crippen LogP contribution >= 0.6 is 0 Å². The highest BCUT2D eigenvalue weighted by Gasteiger charge is 2.17. The van der Waals surface area contributed by atoms with Gasteiger partial charge in [-0.15, -0.1) is 0 Å². The Kier molecular flexibility index (Phi) is 5.87. The highest BCUT2D eigenvalue weighted by molar-refractivity contribution is 5.94.